The van der Waals surface area contributed by atoms with Crippen molar-refractivity contribution < 1.29 is 4.79 Å². The van der Waals surface area contributed by atoms with Gasteiger partial charge in [-0.3, -0.25) is 4.79 Å². The Bertz CT molecular complexity index is 1250. The van der Waals surface area contributed by atoms with Crippen LogP contribution in [0.25, 0.3) is 11.3 Å². The van der Waals surface area contributed by atoms with Crippen LogP contribution in [0.1, 0.15) is 53.6 Å². The topological polar surface area (TPSA) is 64.2 Å². The Morgan fingerprint density at radius 3 is 2.19 bits per heavy atom. The number of nitrogens with two attached hydrogens (primary N) is 1. The summed E-state index contributed by atoms with van der Waals surface area (Å²) in [6.07, 6.45) is 2.85. The summed E-state index contributed by atoms with van der Waals surface area (Å²) in [5, 5.41) is 0. The Morgan fingerprint density at radius 2 is 1.58 bits per heavy atom. The van der Waals surface area contributed by atoms with E-state index in [1.54, 1.807) is 0 Å². The van der Waals surface area contributed by atoms with Gasteiger partial charge in [0.15, 0.2) is 0 Å². The van der Waals surface area contributed by atoms with Crippen molar-refractivity contribution in [3.05, 3.63) is 114 Å². The summed E-state index contributed by atoms with van der Waals surface area (Å²) in [5.74, 6) is 1.05. The quantitative estimate of drug-likeness (QED) is 0.298. The van der Waals surface area contributed by atoms with E-state index in [4.69, 9.17) is 10.7 Å². The minimum absolute atomic E-state index is 0.00824. The van der Waals surface area contributed by atoms with Gasteiger partial charge < -0.3 is 15.2 Å². The summed E-state index contributed by atoms with van der Waals surface area (Å²) >= 11 is 0. The summed E-state index contributed by atoms with van der Waals surface area (Å²) in [7, 11) is 0. The monoisotopic (exact) mass is 480 g/mol. The van der Waals surface area contributed by atoms with E-state index in [1.165, 1.54) is 11.1 Å². The molecule has 0 saturated heterocycles. The number of amides is 1. The summed E-state index contributed by atoms with van der Waals surface area (Å²) < 4.78 is 2.21. The predicted molar refractivity (Wildman–Crippen MR) is 147 cm³/mol. The average molecular weight is 481 g/mol. The molecule has 0 spiro atoms. The third-order valence-corrected chi connectivity index (χ3v) is 6.47. The molecule has 1 atom stereocenters. The largest absolute Gasteiger partial charge is 0.330 e. The number of hydrogen-bond acceptors (Lipinski definition) is 3. The molecule has 0 bridgehead atoms. The van der Waals surface area contributed by atoms with Crippen LogP contribution in [0.2, 0.25) is 0 Å². The first-order chi connectivity index (χ1) is 17.5. The lowest BCUT2D eigenvalue weighted by Gasteiger charge is -2.34. The van der Waals surface area contributed by atoms with Crippen LogP contribution in [-0.2, 0) is 6.54 Å². The van der Waals surface area contributed by atoms with Gasteiger partial charge in [0, 0.05) is 30.4 Å². The molecule has 1 unspecified atom stereocenters. The lowest BCUT2D eigenvalue weighted by atomic mass is 9.99. The number of carbonyl (C=O) groups excluding carboxylic acids is 1. The van der Waals surface area contributed by atoms with Gasteiger partial charge in [0.05, 0.1) is 11.7 Å². The van der Waals surface area contributed by atoms with Crippen LogP contribution in [-0.4, -0.2) is 33.4 Å². The second-order valence-electron chi connectivity index (χ2n) is 9.66. The summed E-state index contributed by atoms with van der Waals surface area (Å²) in [6.45, 7) is 8.18. The van der Waals surface area contributed by atoms with Crippen molar-refractivity contribution in [3.63, 3.8) is 0 Å². The number of rotatable bonds is 10. The number of aryl methyl sites for hydroxylation is 1. The van der Waals surface area contributed by atoms with Gasteiger partial charge in [0.2, 0.25) is 0 Å². The van der Waals surface area contributed by atoms with Crippen molar-refractivity contribution >= 4 is 5.91 Å². The van der Waals surface area contributed by atoms with Crippen LogP contribution in [0.4, 0.5) is 0 Å². The van der Waals surface area contributed by atoms with Crippen LogP contribution >= 0.6 is 0 Å². The number of imidazole rings is 1. The maximum absolute atomic E-state index is 13.8. The number of hydrogen-bond donors (Lipinski definition) is 1. The van der Waals surface area contributed by atoms with Crippen molar-refractivity contribution in [2.45, 2.75) is 39.8 Å². The molecule has 0 aliphatic carbocycles. The molecule has 186 valence electrons. The molecule has 0 fully saturated rings. The highest BCUT2D eigenvalue weighted by atomic mass is 16.2. The molecule has 1 amide bonds. The van der Waals surface area contributed by atoms with Gasteiger partial charge in [-0.2, -0.15) is 0 Å². The fraction of sp³-hybridized carbons (Fsp3) is 0.290. The third-order valence-electron chi connectivity index (χ3n) is 6.47. The Labute approximate surface area is 214 Å². The van der Waals surface area contributed by atoms with E-state index in [0.717, 1.165) is 23.5 Å². The number of carbonyl (C=O) groups is 1. The molecule has 1 aromatic heterocycles. The van der Waals surface area contributed by atoms with Gasteiger partial charge in [0.25, 0.3) is 5.91 Å². The first kappa shape index (κ1) is 25.4. The highest BCUT2D eigenvalue weighted by molar-refractivity contribution is 5.94. The van der Waals surface area contributed by atoms with E-state index in [-0.39, 0.29) is 17.9 Å². The lowest BCUT2D eigenvalue weighted by molar-refractivity contribution is 0.0604. The first-order valence-corrected chi connectivity index (χ1v) is 12.7. The van der Waals surface area contributed by atoms with Crippen molar-refractivity contribution in [2.75, 3.05) is 13.1 Å². The van der Waals surface area contributed by atoms with Gasteiger partial charge in [-0.15, -0.1) is 0 Å². The van der Waals surface area contributed by atoms with Crippen LogP contribution in [0.3, 0.4) is 0 Å². The van der Waals surface area contributed by atoms with Crippen molar-refractivity contribution in [3.8, 4) is 11.3 Å². The third kappa shape index (κ3) is 5.92. The Kier molecular flexibility index (Phi) is 8.34. The Hall–Kier alpha value is -3.70. The Morgan fingerprint density at radius 1 is 0.944 bits per heavy atom. The fourth-order valence-corrected chi connectivity index (χ4v) is 4.61. The molecule has 4 aromatic rings. The molecule has 0 aliphatic heterocycles. The van der Waals surface area contributed by atoms with Crippen molar-refractivity contribution in [2.24, 2.45) is 11.7 Å². The van der Waals surface area contributed by atoms with Crippen LogP contribution in [0.15, 0.2) is 91.1 Å². The zero-order valence-electron chi connectivity index (χ0n) is 21.5. The van der Waals surface area contributed by atoms with Crippen molar-refractivity contribution in [1.29, 1.82) is 0 Å². The van der Waals surface area contributed by atoms with Gasteiger partial charge in [-0.05, 0) is 43.5 Å². The molecule has 1 heterocycles. The van der Waals surface area contributed by atoms with Gasteiger partial charge >= 0.3 is 0 Å². The number of aromatic nitrogens is 2. The maximum atomic E-state index is 13.8. The molecular weight excluding hydrogens is 444 g/mol. The van der Waals surface area contributed by atoms with E-state index >= 15 is 0 Å². The predicted octanol–water partition coefficient (Wildman–Crippen LogP) is 6.10. The average Bonchev–Trinajstić information content (AvgIpc) is 3.30. The highest BCUT2D eigenvalue weighted by Gasteiger charge is 2.32. The van der Waals surface area contributed by atoms with Gasteiger partial charge in [-0.25, -0.2) is 4.98 Å². The SMILES string of the molecule is Cc1ccc(-c2cn(Cc3ccccc3)c(C(C(C)C)N(CCCN)C(=O)c3ccccc3)n2)cc1. The van der Waals surface area contributed by atoms with Crippen molar-refractivity contribution in [1.82, 2.24) is 14.5 Å². The van der Waals surface area contributed by atoms with Crippen LogP contribution in [0.5, 0.6) is 0 Å². The zero-order chi connectivity index (χ0) is 25.5. The molecule has 0 saturated carbocycles. The lowest BCUT2D eigenvalue weighted by Crippen LogP contribution is -2.40. The Balaban J connectivity index is 1.82. The normalized spacial score (nSPS) is 12.0. The maximum Gasteiger partial charge on any atom is 0.254 e. The minimum atomic E-state index is -0.202. The van der Waals surface area contributed by atoms with Crippen LogP contribution < -0.4 is 5.73 Å². The summed E-state index contributed by atoms with van der Waals surface area (Å²) in [5.41, 5.74) is 11.0. The molecule has 3 aromatic carbocycles. The van der Waals surface area contributed by atoms with E-state index < -0.39 is 0 Å². The van der Waals surface area contributed by atoms with E-state index in [9.17, 15) is 4.79 Å². The fourth-order valence-electron chi connectivity index (χ4n) is 4.61. The van der Waals surface area contributed by atoms with E-state index in [0.29, 0.717) is 25.2 Å². The standard InChI is InChI=1S/C31H36N4O/c1-23(2)29(35(20-10-19-32)31(36)27-13-8-5-9-14-27)30-33-28(26-17-15-24(3)16-18-26)22-34(30)21-25-11-6-4-7-12-25/h4-9,11-18,22-23,29H,10,19-21,32H2,1-3H3. The molecule has 36 heavy (non-hydrogen) atoms. The molecule has 5 heteroatoms. The first-order valence-electron chi connectivity index (χ1n) is 12.7. The molecule has 4 rings (SSSR count). The molecule has 0 aliphatic rings. The van der Waals surface area contributed by atoms with Gasteiger partial charge in [0.1, 0.15) is 5.82 Å². The number of benzene rings is 3. The molecule has 2 N–H and O–H groups in total. The second kappa shape index (κ2) is 11.8. The second-order valence-corrected chi connectivity index (χ2v) is 9.66. The highest BCUT2D eigenvalue weighted by Crippen LogP contribution is 2.32. The summed E-state index contributed by atoms with van der Waals surface area (Å²) in [4.78, 5) is 20.9. The minimum Gasteiger partial charge on any atom is -0.330 e. The molecule has 0 radical (unpaired) electrons. The zero-order valence-corrected chi connectivity index (χ0v) is 21.5. The molecule has 5 nitrogen and oxygen atoms in total. The summed E-state index contributed by atoms with van der Waals surface area (Å²) in [6, 6.07) is 28.1. The van der Waals surface area contributed by atoms with E-state index in [2.05, 4.69) is 80.1 Å². The van der Waals surface area contributed by atoms with E-state index in [1.807, 2.05) is 41.3 Å². The van der Waals surface area contributed by atoms with Gasteiger partial charge in [-0.1, -0.05) is 92.2 Å². The number of nitrogens with zero attached hydrogens (tertiary/aromatic N) is 3. The van der Waals surface area contributed by atoms with Crippen LogP contribution in [0, 0.1) is 12.8 Å². The molecular formula is C31H36N4O. The smallest absolute Gasteiger partial charge is 0.254 e.